The van der Waals surface area contributed by atoms with Crippen molar-refractivity contribution in [1.29, 1.82) is 0 Å². The Labute approximate surface area is 159 Å². The largest absolute Gasteiger partial charge is 0.326 e. The Hall–Kier alpha value is -1.56. The highest BCUT2D eigenvalue weighted by molar-refractivity contribution is 6.42. The topological polar surface area (TPSA) is 66.5 Å². The zero-order chi connectivity index (χ0) is 18.1. The third-order valence-electron chi connectivity index (χ3n) is 4.43. The molecule has 1 fully saturated rings. The van der Waals surface area contributed by atoms with E-state index < -0.39 is 5.92 Å². The summed E-state index contributed by atoms with van der Waals surface area (Å²) < 4.78 is 0. The first-order chi connectivity index (χ1) is 11.9. The predicted molar refractivity (Wildman–Crippen MR) is 96.6 cm³/mol. The molecule has 2 atom stereocenters. The van der Waals surface area contributed by atoms with Crippen LogP contribution in [0.15, 0.2) is 29.3 Å². The van der Waals surface area contributed by atoms with E-state index in [0.29, 0.717) is 33.6 Å². The summed E-state index contributed by atoms with van der Waals surface area (Å²) in [5.74, 6) is -1.54. The molecule has 5 nitrogen and oxygen atoms in total. The lowest BCUT2D eigenvalue weighted by Gasteiger charge is -2.17. The van der Waals surface area contributed by atoms with Gasteiger partial charge in [0.05, 0.1) is 21.9 Å². The van der Waals surface area contributed by atoms with Crippen LogP contribution >= 0.6 is 34.8 Å². The third kappa shape index (κ3) is 3.84. The summed E-state index contributed by atoms with van der Waals surface area (Å²) in [6.45, 7) is 0.0510. The molecule has 1 saturated heterocycles. The van der Waals surface area contributed by atoms with E-state index in [-0.39, 0.29) is 36.6 Å². The minimum absolute atomic E-state index is 0.0122. The lowest BCUT2D eigenvalue weighted by molar-refractivity contribution is -0.140. The van der Waals surface area contributed by atoms with Crippen LogP contribution in [0, 0.1) is 11.8 Å². The fourth-order valence-corrected chi connectivity index (χ4v) is 3.68. The highest BCUT2D eigenvalue weighted by Gasteiger charge is 2.48. The Bertz CT molecular complexity index is 778. The summed E-state index contributed by atoms with van der Waals surface area (Å²) >= 11 is 17.7. The van der Waals surface area contributed by atoms with E-state index in [0.717, 1.165) is 0 Å². The number of fused-ring (bicyclic) bond motifs is 1. The van der Waals surface area contributed by atoms with E-state index in [1.807, 2.05) is 0 Å². The van der Waals surface area contributed by atoms with Gasteiger partial charge in [-0.3, -0.25) is 19.3 Å². The maximum Gasteiger partial charge on any atom is 0.233 e. The number of nitrogens with zero attached hydrogens (tertiary/aromatic N) is 1. The fraction of sp³-hybridized carbons (Fsp3) is 0.353. The molecule has 1 heterocycles. The van der Waals surface area contributed by atoms with Crippen LogP contribution in [0.2, 0.25) is 10.0 Å². The first kappa shape index (κ1) is 18.2. The molecule has 3 amide bonds. The fourth-order valence-electron chi connectivity index (χ4n) is 3.13. The van der Waals surface area contributed by atoms with Crippen LogP contribution in [0.3, 0.4) is 0 Å². The average molecular weight is 402 g/mol. The number of allylic oxidation sites excluding steroid dienone is 2. The summed E-state index contributed by atoms with van der Waals surface area (Å²) in [7, 11) is 0. The number of amides is 3. The SMILES string of the molecule is O=C(CCN1C(=O)[C@H]2CC=C(Cl)C[C@@H]2C1=O)Nc1ccc(Cl)c(Cl)c1. The molecule has 1 aromatic rings. The highest BCUT2D eigenvalue weighted by atomic mass is 35.5. The number of halogens is 3. The predicted octanol–water partition coefficient (Wildman–Crippen LogP) is 3.84. The van der Waals surface area contributed by atoms with Crippen molar-refractivity contribution in [3.63, 3.8) is 0 Å². The van der Waals surface area contributed by atoms with Crippen molar-refractivity contribution in [2.24, 2.45) is 11.8 Å². The Morgan fingerprint density at radius 1 is 1.12 bits per heavy atom. The number of likely N-dealkylation sites (tertiary alicyclic amines) is 1. The van der Waals surface area contributed by atoms with Crippen LogP contribution in [0.1, 0.15) is 19.3 Å². The van der Waals surface area contributed by atoms with Crippen LogP contribution < -0.4 is 5.32 Å². The standard InChI is InChI=1S/C17H15Cl3N2O3/c18-9-1-3-11-12(7-9)17(25)22(16(11)24)6-5-15(23)21-10-2-4-13(19)14(20)8-10/h1-2,4,8,11-12H,3,5-7H2,(H,21,23)/t11-,12-/m0/s1. The van der Waals surface area contributed by atoms with Gasteiger partial charge in [-0.05, 0) is 31.0 Å². The molecule has 0 unspecified atom stereocenters. The van der Waals surface area contributed by atoms with Crippen LogP contribution in [-0.4, -0.2) is 29.2 Å². The lowest BCUT2D eigenvalue weighted by atomic mass is 9.85. The number of benzene rings is 1. The molecule has 1 aliphatic heterocycles. The van der Waals surface area contributed by atoms with E-state index in [9.17, 15) is 14.4 Å². The van der Waals surface area contributed by atoms with E-state index >= 15 is 0 Å². The van der Waals surface area contributed by atoms with Crippen molar-refractivity contribution in [3.05, 3.63) is 39.4 Å². The van der Waals surface area contributed by atoms with E-state index in [1.54, 1.807) is 18.2 Å². The number of anilines is 1. The van der Waals surface area contributed by atoms with Gasteiger partial charge in [0, 0.05) is 23.7 Å². The molecule has 0 spiro atoms. The quantitative estimate of drug-likeness (QED) is 0.780. The van der Waals surface area contributed by atoms with Crippen molar-refractivity contribution in [2.45, 2.75) is 19.3 Å². The molecule has 0 saturated carbocycles. The highest BCUT2D eigenvalue weighted by Crippen LogP contribution is 2.38. The lowest BCUT2D eigenvalue weighted by Crippen LogP contribution is -2.34. The number of hydrogen-bond acceptors (Lipinski definition) is 3. The third-order valence-corrected chi connectivity index (χ3v) is 5.47. The number of imide groups is 1. The number of nitrogens with one attached hydrogen (secondary N) is 1. The van der Waals surface area contributed by atoms with Gasteiger partial charge in [0.25, 0.3) is 0 Å². The Balaban J connectivity index is 1.58. The zero-order valence-corrected chi connectivity index (χ0v) is 15.4. The molecule has 0 aromatic heterocycles. The van der Waals surface area contributed by atoms with E-state index in [2.05, 4.69) is 5.32 Å². The van der Waals surface area contributed by atoms with Gasteiger partial charge in [-0.15, -0.1) is 0 Å². The number of hydrogen-bond donors (Lipinski definition) is 1. The minimum atomic E-state index is -0.400. The molecular formula is C17H15Cl3N2O3. The molecule has 8 heteroatoms. The van der Waals surface area contributed by atoms with E-state index in [4.69, 9.17) is 34.8 Å². The normalized spacial score (nSPS) is 22.7. The monoisotopic (exact) mass is 400 g/mol. The second kappa shape index (κ2) is 7.36. The molecule has 1 N–H and O–H groups in total. The van der Waals surface area contributed by atoms with Crippen LogP contribution in [0.5, 0.6) is 0 Å². The molecule has 0 radical (unpaired) electrons. The maximum absolute atomic E-state index is 12.4. The smallest absolute Gasteiger partial charge is 0.233 e. The molecule has 132 valence electrons. The first-order valence-corrected chi connectivity index (χ1v) is 8.95. The second-order valence-electron chi connectivity index (χ2n) is 6.06. The first-order valence-electron chi connectivity index (χ1n) is 7.81. The summed E-state index contributed by atoms with van der Waals surface area (Å²) in [6.07, 6.45) is 2.66. The Morgan fingerprint density at radius 2 is 1.84 bits per heavy atom. The maximum atomic E-state index is 12.4. The van der Waals surface area contributed by atoms with Crippen molar-refractivity contribution in [3.8, 4) is 0 Å². The number of carbonyl (C=O) groups is 3. The van der Waals surface area contributed by atoms with Crippen LogP contribution in [0.4, 0.5) is 5.69 Å². The second-order valence-corrected chi connectivity index (χ2v) is 7.36. The van der Waals surface area contributed by atoms with Gasteiger partial charge < -0.3 is 5.32 Å². The van der Waals surface area contributed by atoms with Gasteiger partial charge in [0.1, 0.15) is 0 Å². The van der Waals surface area contributed by atoms with E-state index in [1.165, 1.54) is 11.0 Å². The van der Waals surface area contributed by atoms with Gasteiger partial charge in [0.2, 0.25) is 17.7 Å². The van der Waals surface area contributed by atoms with Gasteiger partial charge in [0.15, 0.2) is 0 Å². The zero-order valence-electron chi connectivity index (χ0n) is 13.1. The Morgan fingerprint density at radius 3 is 2.56 bits per heavy atom. The average Bonchev–Trinajstić information content (AvgIpc) is 2.80. The van der Waals surface area contributed by atoms with Gasteiger partial charge in [-0.2, -0.15) is 0 Å². The summed E-state index contributed by atoms with van der Waals surface area (Å²) in [5.41, 5.74) is 0.503. The molecular weight excluding hydrogens is 387 g/mol. The van der Waals surface area contributed by atoms with Crippen LogP contribution in [-0.2, 0) is 14.4 Å². The molecule has 1 aliphatic carbocycles. The van der Waals surface area contributed by atoms with Crippen LogP contribution in [0.25, 0.3) is 0 Å². The van der Waals surface area contributed by atoms with Gasteiger partial charge in [-0.25, -0.2) is 0 Å². The molecule has 0 bridgehead atoms. The molecule has 1 aromatic carbocycles. The number of rotatable bonds is 4. The minimum Gasteiger partial charge on any atom is -0.326 e. The van der Waals surface area contributed by atoms with Crippen molar-refractivity contribution in [2.75, 3.05) is 11.9 Å². The van der Waals surface area contributed by atoms with Crippen molar-refractivity contribution >= 4 is 58.2 Å². The summed E-state index contributed by atoms with van der Waals surface area (Å²) in [4.78, 5) is 38.0. The molecule has 2 aliphatic rings. The summed E-state index contributed by atoms with van der Waals surface area (Å²) in [6, 6.07) is 4.74. The van der Waals surface area contributed by atoms with Gasteiger partial charge in [-0.1, -0.05) is 40.9 Å². The summed E-state index contributed by atoms with van der Waals surface area (Å²) in [5, 5.41) is 4.01. The van der Waals surface area contributed by atoms with Crippen molar-refractivity contribution < 1.29 is 14.4 Å². The van der Waals surface area contributed by atoms with Gasteiger partial charge >= 0.3 is 0 Å². The number of carbonyl (C=O) groups excluding carboxylic acids is 3. The molecule has 3 rings (SSSR count). The Kier molecular flexibility index (Phi) is 5.37. The van der Waals surface area contributed by atoms with Crippen molar-refractivity contribution in [1.82, 2.24) is 4.90 Å². The molecule has 25 heavy (non-hydrogen) atoms.